The van der Waals surface area contributed by atoms with Crippen LogP contribution in [0.15, 0.2) is 12.1 Å². The number of halogens is 1. The van der Waals surface area contributed by atoms with Crippen LogP contribution in [-0.4, -0.2) is 18.9 Å². The average Bonchev–Trinajstić information content (AvgIpc) is 2.58. The molecule has 1 aromatic rings. The lowest BCUT2D eigenvalue weighted by atomic mass is 10.1. The lowest BCUT2D eigenvalue weighted by Gasteiger charge is -2.05. The van der Waals surface area contributed by atoms with Gasteiger partial charge in [0.15, 0.2) is 11.5 Å². The van der Waals surface area contributed by atoms with Crippen LogP contribution in [0.2, 0.25) is 0 Å². The Kier molecular flexibility index (Phi) is 3.43. The molecule has 1 heterocycles. The number of ether oxygens (including phenoxy) is 2. The van der Waals surface area contributed by atoms with E-state index in [-0.39, 0.29) is 24.9 Å². The Bertz CT molecular complexity index is 330. The first-order chi connectivity index (χ1) is 6.33. The zero-order valence-electron chi connectivity index (χ0n) is 7.74. The van der Waals surface area contributed by atoms with Crippen molar-refractivity contribution in [2.75, 3.05) is 13.8 Å². The fraction of sp³-hybridized carbons (Fsp3) is 0.333. The Morgan fingerprint density at radius 1 is 1.43 bits per heavy atom. The average molecular weight is 218 g/mol. The zero-order valence-corrected chi connectivity index (χ0v) is 8.56. The molecule has 0 unspecified atom stereocenters. The Morgan fingerprint density at radius 2 is 2.21 bits per heavy atom. The number of aromatic hydroxyl groups is 1. The van der Waals surface area contributed by atoms with Crippen molar-refractivity contribution in [2.45, 2.75) is 6.54 Å². The number of phenols is 1. The number of rotatable bonds is 2. The van der Waals surface area contributed by atoms with Crippen molar-refractivity contribution in [2.24, 2.45) is 0 Å². The molecule has 0 saturated heterocycles. The number of benzene rings is 1. The van der Waals surface area contributed by atoms with Crippen molar-refractivity contribution in [3.8, 4) is 17.2 Å². The molecule has 5 heteroatoms. The quantitative estimate of drug-likeness (QED) is 0.783. The number of fused-ring (bicyclic) bond motifs is 1. The van der Waals surface area contributed by atoms with E-state index in [1.165, 1.54) is 0 Å². The van der Waals surface area contributed by atoms with Gasteiger partial charge in [0, 0.05) is 12.1 Å². The van der Waals surface area contributed by atoms with Crippen LogP contribution in [0.25, 0.3) is 0 Å². The highest BCUT2D eigenvalue weighted by Gasteiger charge is 2.19. The number of hydrogen-bond donors (Lipinski definition) is 2. The van der Waals surface area contributed by atoms with Gasteiger partial charge in [0.1, 0.15) is 0 Å². The van der Waals surface area contributed by atoms with Crippen LogP contribution in [0.1, 0.15) is 5.56 Å². The van der Waals surface area contributed by atoms with Crippen LogP contribution in [0.4, 0.5) is 0 Å². The molecule has 0 spiro atoms. The maximum Gasteiger partial charge on any atom is 0.231 e. The molecular formula is C9H12ClNO3. The van der Waals surface area contributed by atoms with Gasteiger partial charge in [-0.15, -0.1) is 12.4 Å². The summed E-state index contributed by atoms with van der Waals surface area (Å²) in [5.74, 6) is 1.23. The third-order valence-electron chi connectivity index (χ3n) is 1.96. The summed E-state index contributed by atoms with van der Waals surface area (Å²) in [6, 6.07) is 3.62. The fourth-order valence-corrected chi connectivity index (χ4v) is 1.33. The van der Waals surface area contributed by atoms with Gasteiger partial charge in [0.2, 0.25) is 12.5 Å². The molecule has 4 nitrogen and oxygen atoms in total. The summed E-state index contributed by atoms with van der Waals surface area (Å²) in [5.41, 5.74) is 0.812. The normalized spacial score (nSPS) is 12.4. The Balaban J connectivity index is 0.000000980. The van der Waals surface area contributed by atoms with Crippen molar-refractivity contribution >= 4 is 12.4 Å². The highest BCUT2D eigenvalue weighted by Crippen LogP contribution is 2.42. The number of hydrogen-bond acceptors (Lipinski definition) is 4. The van der Waals surface area contributed by atoms with Crippen LogP contribution in [-0.2, 0) is 6.54 Å². The van der Waals surface area contributed by atoms with Gasteiger partial charge in [-0.2, -0.15) is 0 Å². The van der Waals surface area contributed by atoms with E-state index in [9.17, 15) is 5.11 Å². The second-order valence-corrected chi connectivity index (χ2v) is 2.84. The van der Waals surface area contributed by atoms with E-state index < -0.39 is 0 Å². The summed E-state index contributed by atoms with van der Waals surface area (Å²) >= 11 is 0. The van der Waals surface area contributed by atoms with E-state index in [4.69, 9.17) is 9.47 Å². The second-order valence-electron chi connectivity index (χ2n) is 2.84. The molecular weight excluding hydrogens is 206 g/mol. The Hall–Kier alpha value is -1.13. The van der Waals surface area contributed by atoms with Gasteiger partial charge in [-0.25, -0.2) is 0 Å². The smallest absolute Gasteiger partial charge is 0.231 e. The number of phenolic OH excluding ortho intramolecular Hbond substituents is 1. The first-order valence-corrected chi connectivity index (χ1v) is 4.08. The van der Waals surface area contributed by atoms with Crippen LogP contribution in [0, 0.1) is 0 Å². The molecule has 0 bridgehead atoms. The molecule has 0 aliphatic carbocycles. The molecule has 0 saturated carbocycles. The zero-order chi connectivity index (χ0) is 9.26. The van der Waals surface area contributed by atoms with Gasteiger partial charge in [0.25, 0.3) is 0 Å². The van der Waals surface area contributed by atoms with Gasteiger partial charge >= 0.3 is 0 Å². The summed E-state index contributed by atoms with van der Waals surface area (Å²) in [6.45, 7) is 0.800. The molecule has 0 fully saturated rings. The van der Waals surface area contributed by atoms with E-state index in [0.717, 1.165) is 5.56 Å². The summed E-state index contributed by atoms with van der Waals surface area (Å²) in [6.07, 6.45) is 0. The molecule has 1 aromatic carbocycles. The van der Waals surface area contributed by atoms with Crippen molar-refractivity contribution in [3.05, 3.63) is 17.7 Å². The molecule has 0 radical (unpaired) electrons. The minimum atomic E-state index is 0. The predicted molar refractivity (Wildman–Crippen MR) is 54.2 cm³/mol. The molecule has 2 rings (SSSR count). The van der Waals surface area contributed by atoms with Gasteiger partial charge in [0.05, 0.1) is 0 Å². The first kappa shape index (κ1) is 10.9. The van der Waals surface area contributed by atoms with E-state index in [1.807, 2.05) is 13.1 Å². The fourth-order valence-electron chi connectivity index (χ4n) is 1.33. The summed E-state index contributed by atoms with van der Waals surface area (Å²) < 4.78 is 10.2. The highest BCUT2D eigenvalue weighted by molar-refractivity contribution is 5.85. The van der Waals surface area contributed by atoms with Crippen LogP contribution >= 0.6 is 12.4 Å². The lowest BCUT2D eigenvalue weighted by Crippen LogP contribution is -2.05. The molecule has 0 atom stereocenters. The largest absolute Gasteiger partial charge is 0.504 e. The van der Waals surface area contributed by atoms with Crippen molar-refractivity contribution < 1.29 is 14.6 Å². The van der Waals surface area contributed by atoms with E-state index in [1.54, 1.807) is 6.07 Å². The molecule has 1 aliphatic rings. The summed E-state index contributed by atoms with van der Waals surface area (Å²) in [7, 11) is 1.82. The molecule has 0 aromatic heterocycles. The van der Waals surface area contributed by atoms with Crippen molar-refractivity contribution in [1.82, 2.24) is 5.32 Å². The van der Waals surface area contributed by atoms with E-state index >= 15 is 0 Å². The monoisotopic (exact) mass is 217 g/mol. The molecule has 2 N–H and O–H groups in total. The van der Waals surface area contributed by atoms with Gasteiger partial charge in [-0.05, 0) is 13.1 Å². The minimum Gasteiger partial charge on any atom is -0.504 e. The summed E-state index contributed by atoms with van der Waals surface area (Å²) in [5, 5.41) is 12.7. The molecule has 14 heavy (non-hydrogen) atoms. The minimum absolute atomic E-state index is 0. The molecule has 78 valence electrons. The number of nitrogens with one attached hydrogen (secondary N) is 1. The van der Waals surface area contributed by atoms with Crippen LogP contribution in [0.5, 0.6) is 17.2 Å². The summed E-state index contributed by atoms with van der Waals surface area (Å²) in [4.78, 5) is 0. The van der Waals surface area contributed by atoms with Crippen LogP contribution in [0.3, 0.4) is 0 Å². The third kappa shape index (κ3) is 1.71. The predicted octanol–water partition coefficient (Wildman–Crippen LogP) is 1.26. The van der Waals surface area contributed by atoms with Gasteiger partial charge < -0.3 is 19.9 Å². The van der Waals surface area contributed by atoms with E-state index in [2.05, 4.69) is 5.32 Å². The lowest BCUT2D eigenvalue weighted by molar-refractivity contribution is 0.171. The second kappa shape index (κ2) is 4.39. The van der Waals surface area contributed by atoms with E-state index in [0.29, 0.717) is 18.0 Å². The topological polar surface area (TPSA) is 50.7 Å². The van der Waals surface area contributed by atoms with Gasteiger partial charge in [-0.3, -0.25) is 0 Å². The maximum absolute atomic E-state index is 9.70. The molecule has 0 amide bonds. The standard InChI is InChI=1S/C9H11NO3.ClH/c1-10-4-6-2-3-7-9(8(6)11)13-5-12-7;/h2-3,10-11H,4-5H2,1H3;1H. The highest BCUT2D eigenvalue weighted by atomic mass is 35.5. The molecule has 1 aliphatic heterocycles. The van der Waals surface area contributed by atoms with Gasteiger partial charge in [-0.1, -0.05) is 6.07 Å². The Labute approximate surface area is 88.2 Å². The SMILES string of the molecule is CNCc1ccc2c(c1O)OCO2.Cl. The van der Waals surface area contributed by atoms with Crippen LogP contribution < -0.4 is 14.8 Å². The van der Waals surface area contributed by atoms with Crippen molar-refractivity contribution in [1.29, 1.82) is 0 Å². The third-order valence-corrected chi connectivity index (χ3v) is 1.96. The maximum atomic E-state index is 9.70. The Morgan fingerprint density at radius 3 is 2.93 bits per heavy atom. The van der Waals surface area contributed by atoms with Crippen molar-refractivity contribution in [3.63, 3.8) is 0 Å². The first-order valence-electron chi connectivity index (χ1n) is 4.08.